The third-order valence-corrected chi connectivity index (χ3v) is 5.57. The molecule has 0 radical (unpaired) electrons. The Morgan fingerprint density at radius 1 is 1.12 bits per heavy atom. The minimum atomic E-state index is -3.22. The van der Waals surface area contributed by atoms with Crippen molar-refractivity contribution in [1.82, 2.24) is 13.9 Å². The minimum Gasteiger partial charge on any atom is -0.313 e. The first kappa shape index (κ1) is 12.3. The van der Waals surface area contributed by atoms with E-state index >= 15 is 0 Å². The third kappa shape index (κ3) is 2.40. The van der Waals surface area contributed by atoms with Crippen molar-refractivity contribution in [3.63, 3.8) is 0 Å². The molecule has 6 heteroatoms. The van der Waals surface area contributed by atoms with E-state index in [0.29, 0.717) is 13.1 Å². The van der Waals surface area contributed by atoms with Crippen LogP contribution in [0.2, 0.25) is 0 Å². The van der Waals surface area contributed by atoms with Gasteiger partial charge in [0.1, 0.15) is 0 Å². The molecule has 0 bridgehead atoms. The van der Waals surface area contributed by atoms with Gasteiger partial charge in [-0.3, -0.25) is 0 Å². The van der Waals surface area contributed by atoms with Crippen LogP contribution < -0.4 is 5.32 Å². The van der Waals surface area contributed by atoms with Crippen LogP contribution in [0.5, 0.6) is 0 Å². The number of hydrogen-bond acceptors (Lipinski definition) is 3. The Labute approximate surface area is 98.0 Å². The molecule has 2 aliphatic heterocycles. The van der Waals surface area contributed by atoms with Crippen molar-refractivity contribution < 1.29 is 8.42 Å². The Balaban J connectivity index is 2.03. The Morgan fingerprint density at radius 2 is 1.69 bits per heavy atom. The van der Waals surface area contributed by atoms with E-state index in [4.69, 9.17) is 0 Å². The highest BCUT2D eigenvalue weighted by Gasteiger charge is 2.34. The molecule has 0 atom stereocenters. The van der Waals surface area contributed by atoms with Gasteiger partial charge in [-0.15, -0.1) is 0 Å². The SMILES string of the molecule is CN(C1CNC1)S(=O)(=O)N1CCCCCC1. The van der Waals surface area contributed by atoms with Crippen molar-refractivity contribution in [3.05, 3.63) is 0 Å². The van der Waals surface area contributed by atoms with Gasteiger partial charge in [-0.2, -0.15) is 17.0 Å². The fraction of sp³-hybridized carbons (Fsp3) is 1.00. The molecular formula is C10H21N3O2S. The van der Waals surface area contributed by atoms with Gasteiger partial charge in [0.25, 0.3) is 10.2 Å². The van der Waals surface area contributed by atoms with Gasteiger partial charge in [-0.25, -0.2) is 0 Å². The summed E-state index contributed by atoms with van der Waals surface area (Å²) in [5.74, 6) is 0. The molecule has 0 aliphatic carbocycles. The lowest BCUT2D eigenvalue weighted by Gasteiger charge is -2.37. The van der Waals surface area contributed by atoms with Crippen LogP contribution in [0.4, 0.5) is 0 Å². The second-order valence-corrected chi connectivity index (χ2v) is 6.64. The maximum Gasteiger partial charge on any atom is 0.282 e. The molecule has 5 nitrogen and oxygen atoms in total. The van der Waals surface area contributed by atoms with Gasteiger partial charge in [0.2, 0.25) is 0 Å². The summed E-state index contributed by atoms with van der Waals surface area (Å²) in [7, 11) is -1.52. The lowest BCUT2D eigenvalue weighted by atomic mass is 10.2. The maximum atomic E-state index is 12.3. The molecule has 0 aromatic rings. The van der Waals surface area contributed by atoms with Crippen LogP contribution in [-0.2, 0) is 10.2 Å². The zero-order valence-corrected chi connectivity index (χ0v) is 10.7. The van der Waals surface area contributed by atoms with E-state index in [1.165, 1.54) is 4.31 Å². The Kier molecular flexibility index (Phi) is 3.84. The molecule has 0 aromatic carbocycles. The van der Waals surface area contributed by atoms with Gasteiger partial charge in [0.05, 0.1) is 6.04 Å². The fourth-order valence-electron chi connectivity index (χ4n) is 2.17. The largest absolute Gasteiger partial charge is 0.313 e. The summed E-state index contributed by atoms with van der Waals surface area (Å²) < 4.78 is 27.8. The molecule has 0 unspecified atom stereocenters. The first-order chi connectivity index (χ1) is 7.62. The molecule has 2 rings (SSSR count). The van der Waals surface area contributed by atoms with Gasteiger partial charge < -0.3 is 5.32 Å². The number of likely N-dealkylation sites (N-methyl/N-ethyl adjacent to an activating group) is 1. The van der Waals surface area contributed by atoms with E-state index in [1.54, 1.807) is 11.4 Å². The summed E-state index contributed by atoms with van der Waals surface area (Å²) in [5, 5.41) is 3.10. The van der Waals surface area contributed by atoms with E-state index in [-0.39, 0.29) is 6.04 Å². The highest BCUT2D eigenvalue weighted by atomic mass is 32.2. The van der Waals surface area contributed by atoms with Gasteiger partial charge in [-0.1, -0.05) is 12.8 Å². The molecule has 0 aromatic heterocycles. The fourth-order valence-corrected chi connectivity index (χ4v) is 3.78. The molecule has 2 saturated heterocycles. The van der Waals surface area contributed by atoms with Crippen LogP contribution in [0, 0.1) is 0 Å². The molecule has 2 aliphatic rings. The van der Waals surface area contributed by atoms with Crippen LogP contribution >= 0.6 is 0 Å². The van der Waals surface area contributed by atoms with Crippen LogP contribution in [-0.4, -0.2) is 56.3 Å². The first-order valence-corrected chi connectivity index (χ1v) is 7.46. The van der Waals surface area contributed by atoms with Crippen molar-refractivity contribution in [2.75, 3.05) is 33.2 Å². The summed E-state index contributed by atoms with van der Waals surface area (Å²) in [4.78, 5) is 0. The monoisotopic (exact) mass is 247 g/mol. The van der Waals surface area contributed by atoms with Crippen LogP contribution in [0.25, 0.3) is 0 Å². The zero-order valence-electron chi connectivity index (χ0n) is 9.85. The molecule has 2 fully saturated rings. The summed E-state index contributed by atoms with van der Waals surface area (Å²) in [6.07, 6.45) is 4.30. The highest BCUT2D eigenvalue weighted by molar-refractivity contribution is 7.86. The van der Waals surface area contributed by atoms with Gasteiger partial charge in [-0.05, 0) is 12.8 Å². The van der Waals surface area contributed by atoms with Crippen molar-refractivity contribution >= 4 is 10.2 Å². The first-order valence-electron chi connectivity index (χ1n) is 6.06. The van der Waals surface area contributed by atoms with Crippen LogP contribution in [0.1, 0.15) is 25.7 Å². The smallest absolute Gasteiger partial charge is 0.282 e. The normalized spacial score (nSPS) is 25.4. The second-order valence-electron chi connectivity index (χ2n) is 4.65. The van der Waals surface area contributed by atoms with Gasteiger partial charge >= 0.3 is 0 Å². The topological polar surface area (TPSA) is 52.7 Å². The number of rotatable bonds is 3. The molecule has 0 amide bonds. The van der Waals surface area contributed by atoms with Crippen molar-refractivity contribution in [3.8, 4) is 0 Å². The average molecular weight is 247 g/mol. The number of nitrogens with zero attached hydrogens (tertiary/aromatic N) is 2. The average Bonchev–Trinajstić information content (AvgIpc) is 2.42. The number of hydrogen-bond donors (Lipinski definition) is 1. The van der Waals surface area contributed by atoms with Gasteiger partial charge in [0, 0.05) is 33.2 Å². The van der Waals surface area contributed by atoms with E-state index in [9.17, 15) is 8.42 Å². The predicted octanol–water partition coefficient (Wildman–Crippen LogP) is 0.0108. The zero-order chi connectivity index (χ0) is 11.6. The van der Waals surface area contributed by atoms with Gasteiger partial charge in [0.15, 0.2) is 0 Å². The molecule has 16 heavy (non-hydrogen) atoms. The lowest BCUT2D eigenvalue weighted by molar-refractivity contribution is 0.253. The summed E-state index contributed by atoms with van der Waals surface area (Å²) in [5.41, 5.74) is 0. The van der Waals surface area contributed by atoms with Crippen molar-refractivity contribution in [2.45, 2.75) is 31.7 Å². The minimum absolute atomic E-state index is 0.147. The quantitative estimate of drug-likeness (QED) is 0.764. The summed E-state index contributed by atoms with van der Waals surface area (Å²) >= 11 is 0. The third-order valence-electron chi connectivity index (χ3n) is 3.53. The van der Waals surface area contributed by atoms with Crippen LogP contribution in [0.3, 0.4) is 0 Å². The van der Waals surface area contributed by atoms with E-state index in [0.717, 1.165) is 38.8 Å². The standard InChI is InChI=1S/C10H21N3O2S/c1-12(10-8-11-9-10)16(14,15)13-6-4-2-3-5-7-13/h10-11H,2-9H2,1H3. The van der Waals surface area contributed by atoms with E-state index < -0.39 is 10.2 Å². The Morgan fingerprint density at radius 3 is 2.12 bits per heavy atom. The summed E-state index contributed by atoms with van der Waals surface area (Å²) in [6.45, 7) is 2.94. The Bertz CT molecular complexity index is 319. The molecule has 0 saturated carbocycles. The molecular weight excluding hydrogens is 226 g/mol. The second kappa shape index (κ2) is 5.00. The summed E-state index contributed by atoms with van der Waals surface area (Å²) in [6, 6.07) is 0.147. The van der Waals surface area contributed by atoms with Crippen molar-refractivity contribution in [2.24, 2.45) is 0 Å². The van der Waals surface area contributed by atoms with Crippen molar-refractivity contribution in [1.29, 1.82) is 0 Å². The predicted molar refractivity (Wildman–Crippen MR) is 63.4 cm³/mol. The highest BCUT2D eigenvalue weighted by Crippen LogP contribution is 2.18. The van der Waals surface area contributed by atoms with E-state index in [2.05, 4.69) is 5.32 Å². The molecule has 1 N–H and O–H groups in total. The molecule has 0 spiro atoms. The van der Waals surface area contributed by atoms with E-state index in [1.807, 2.05) is 0 Å². The molecule has 2 heterocycles. The Hall–Kier alpha value is -0.170. The molecule has 94 valence electrons. The van der Waals surface area contributed by atoms with Crippen LogP contribution in [0.15, 0.2) is 0 Å². The number of nitrogens with one attached hydrogen (secondary N) is 1. The lowest BCUT2D eigenvalue weighted by Crippen LogP contribution is -2.59. The maximum absolute atomic E-state index is 12.3.